The summed E-state index contributed by atoms with van der Waals surface area (Å²) < 4.78 is 6.37. The van der Waals surface area contributed by atoms with E-state index in [1.807, 2.05) is 30.5 Å². The van der Waals surface area contributed by atoms with Crippen LogP contribution in [0, 0.1) is 0 Å². The minimum Gasteiger partial charge on any atom is -0.481 e. The third kappa shape index (κ3) is 3.53. The summed E-state index contributed by atoms with van der Waals surface area (Å²) in [5.41, 5.74) is 0. The molecule has 1 aromatic heterocycles. The van der Waals surface area contributed by atoms with Crippen molar-refractivity contribution < 1.29 is 9.53 Å². The van der Waals surface area contributed by atoms with Crippen molar-refractivity contribution >= 4 is 40.5 Å². The molecule has 0 aliphatic carbocycles. The smallest absolute Gasteiger partial charge is 0.212 e. The topological polar surface area (TPSA) is 26.3 Å². The van der Waals surface area contributed by atoms with Gasteiger partial charge in [-0.25, -0.2) is 0 Å². The van der Waals surface area contributed by atoms with Gasteiger partial charge in [-0.05, 0) is 37.4 Å². The maximum Gasteiger partial charge on any atom is 0.212 e. The van der Waals surface area contributed by atoms with Gasteiger partial charge in [0.05, 0.1) is 9.21 Å². The number of hydrogen-bond donors (Lipinski definition) is 0. The van der Waals surface area contributed by atoms with Crippen LogP contribution in [-0.2, 0) is 0 Å². The van der Waals surface area contributed by atoms with Crippen molar-refractivity contribution in [2.45, 2.75) is 17.9 Å². The molecular formula is C14H13ClO2S2. The summed E-state index contributed by atoms with van der Waals surface area (Å²) in [6.45, 7) is 1.76. The Kier molecular flexibility index (Phi) is 4.91. The van der Waals surface area contributed by atoms with Gasteiger partial charge < -0.3 is 4.74 Å². The van der Waals surface area contributed by atoms with Crippen molar-refractivity contribution in [2.75, 3.05) is 6.26 Å². The monoisotopic (exact) mass is 312 g/mol. The quantitative estimate of drug-likeness (QED) is 0.587. The molecule has 2 rings (SSSR count). The van der Waals surface area contributed by atoms with Crippen LogP contribution in [0.4, 0.5) is 0 Å². The van der Waals surface area contributed by atoms with Crippen LogP contribution in [0.3, 0.4) is 0 Å². The molecule has 2 nitrogen and oxygen atoms in total. The van der Waals surface area contributed by atoms with Crippen molar-refractivity contribution in [3.63, 3.8) is 0 Å². The fraction of sp³-hybridized carbons (Fsp3) is 0.214. The normalized spacial score (nSPS) is 12.2. The lowest BCUT2D eigenvalue weighted by Crippen LogP contribution is -2.23. The zero-order chi connectivity index (χ0) is 13.8. The minimum absolute atomic E-state index is 0.0483. The molecule has 1 heterocycles. The lowest BCUT2D eigenvalue weighted by molar-refractivity contribution is 0.0818. The number of halogens is 1. The van der Waals surface area contributed by atoms with E-state index in [2.05, 4.69) is 0 Å². The molecule has 0 aliphatic rings. The molecule has 100 valence electrons. The molecule has 1 aromatic carbocycles. The summed E-state index contributed by atoms with van der Waals surface area (Å²) in [7, 11) is 0. The first-order valence-electron chi connectivity index (χ1n) is 5.71. The number of carbonyl (C=O) groups is 1. The first-order chi connectivity index (χ1) is 9.11. The zero-order valence-corrected chi connectivity index (χ0v) is 12.9. The van der Waals surface area contributed by atoms with E-state index in [1.54, 1.807) is 30.8 Å². The van der Waals surface area contributed by atoms with Crippen LogP contribution in [0.5, 0.6) is 5.75 Å². The Morgan fingerprint density at radius 1 is 1.32 bits per heavy atom. The van der Waals surface area contributed by atoms with Gasteiger partial charge in [0.25, 0.3) is 0 Å². The number of ether oxygens (including phenoxy) is 1. The highest BCUT2D eigenvalue weighted by atomic mass is 35.5. The maximum absolute atomic E-state index is 12.2. The largest absolute Gasteiger partial charge is 0.481 e. The second kappa shape index (κ2) is 6.46. The van der Waals surface area contributed by atoms with Crippen molar-refractivity contribution in [3.8, 4) is 5.75 Å². The standard InChI is InChI=1S/C14H13ClO2S2/c1-9(14(16)12-7-8-13(15)19-12)17-10-5-3-4-6-11(10)18-2/h3-9H,1-2H3. The summed E-state index contributed by atoms with van der Waals surface area (Å²) in [4.78, 5) is 13.8. The number of thiophene rings is 1. The Morgan fingerprint density at radius 2 is 2.05 bits per heavy atom. The number of hydrogen-bond acceptors (Lipinski definition) is 4. The average molecular weight is 313 g/mol. The van der Waals surface area contributed by atoms with Gasteiger partial charge in [0, 0.05) is 4.90 Å². The predicted octanol–water partition coefficient (Wildman–Crippen LogP) is 4.77. The van der Waals surface area contributed by atoms with Crippen LogP contribution in [-0.4, -0.2) is 18.1 Å². The molecule has 0 saturated carbocycles. The molecular weight excluding hydrogens is 300 g/mol. The number of Topliss-reactive ketones (excluding diaryl/α,β-unsaturated/α-hetero) is 1. The molecule has 0 spiro atoms. The Hall–Kier alpha value is -0.970. The summed E-state index contributed by atoms with van der Waals surface area (Å²) >= 11 is 8.71. The fourth-order valence-electron chi connectivity index (χ4n) is 1.61. The highest BCUT2D eigenvalue weighted by molar-refractivity contribution is 7.98. The highest BCUT2D eigenvalue weighted by Gasteiger charge is 2.19. The third-order valence-corrected chi connectivity index (χ3v) is 4.58. The first kappa shape index (κ1) is 14.4. The zero-order valence-electron chi connectivity index (χ0n) is 10.6. The minimum atomic E-state index is -0.525. The lowest BCUT2D eigenvalue weighted by Gasteiger charge is -2.15. The Balaban J connectivity index is 2.12. The number of rotatable bonds is 5. The number of ketones is 1. The average Bonchev–Trinajstić information content (AvgIpc) is 2.85. The van der Waals surface area contributed by atoms with Gasteiger partial charge in [-0.15, -0.1) is 23.1 Å². The van der Waals surface area contributed by atoms with E-state index in [9.17, 15) is 4.79 Å². The van der Waals surface area contributed by atoms with Crippen molar-refractivity contribution in [3.05, 3.63) is 45.6 Å². The summed E-state index contributed by atoms with van der Waals surface area (Å²) in [6.07, 6.45) is 1.45. The van der Waals surface area contributed by atoms with Gasteiger partial charge in [-0.3, -0.25) is 4.79 Å². The number of thioether (sulfide) groups is 1. The lowest BCUT2D eigenvalue weighted by atomic mass is 10.2. The van der Waals surface area contributed by atoms with Crippen molar-refractivity contribution in [1.29, 1.82) is 0 Å². The predicted molar refractivity (Wildman–Crippen MR) is 82.0 cm³/mol. The van der Waals surface area contributed by atoms with Gasteiger partial charge >= 0.3 is 0 Å². The van der Waals surface area contributed by atoms with E-state index in [4.69, 9.17) is 16.3 Å². The van der Waals surface area contributed by atoms with Gasteiger partial charge in [0.15, 0.2) is 6.10 Å². The van der Waals surface area contributed by atoms with Crippen molar-refractivity contribution in [2.24, 2.45) is 0 Å². The summed E-state index contributed by atoms with van der Waals surface area (Å²) in [6, 6.07) is 11.1. The van der Waals surface area contributed by atoms with Gasteiger partial charge in [0.2, 0.25) is 5.78 Å². The molecule has 0 amide bonds. The van der Waals surface area contributed by atoms with Crippen molar-refractivity contribution in [1.82, 2.24) is 0 Å². The van der Waals surface area contributed by atoms with Crippen LogP contribution in [0.15, 0.2) is 41.3 Å². The maximum atomic E-state index is 12.2. The van der Waals surface area contributed by atoms with E-state index < -0.39 is 6.10 Å². The van der Waals surface area contributed by atoms with E-state index in [0.717, 1.165) is 10.6 Å². The van der Waals surface area contributed by atoms with E-state index >= 15 is 0 Å². The molecule has 1 atom stereocenters. The Bertz CT molecular complexity index is 580. The Labute approximate surface area is 125 Å². The van der Waals surface area contributed by atoms with Crippen LogP contribution in [0.1, 0.15) is 16.6 Å². The van der Waals surface area contributed by atoms with Crippen LogP contribution in [0.2, 0.25) is 4.34 Å². The van der Waals surface area contributed by atoms with Gasteiger partial charge in [-0.2, -0.15) is 0 Å². The van der Waals surface area contributed by atoms with E-state index in [1.165, 1.54) is 11.3 Å². The second-order valence-electron chi connectivity index (χ2n) is 3.88. The van der Waals surface area contributed by atoms with Gasteiger partial charge in [-0.1, -0.05) is 23.7 Å². The van der Waals surface area contributed by atoms with Gasteiger partial charge in [0.1, 0.15) is 5.75 Å². The molecule has 0 aliphatic heterocycles. The molecule has 0 bridgehead atoms. The summed E-state index contributed by atoms with van der Waals surface area (Å²) in [5, 5.41) is 0. The molecule has 1 unspecified atom stereocenters. The molecule has 19 heavy (non-hydrogen) atoms. The van der Waals surface area contributed by atoms with Crippen LogP contribution >= 0.6 is 34.7 Å². The molecule has 0 radical (unpaired) electrons. The van der Waals surface area contributed by atoms with Crippen LogP contribution < -0.4 is 4.74 Å². The molecule has 0 saturated heterocycles. The molecule has 0 N–H and O–H groups in total. The second-order valence-corrected chi connectivity index (χ2v) is 6.44. The molecule has 2 aromatic rings. The number of benzene rings is 1. The van der Waals surface area contributed by atoms with E-state index in [0.29, 0.717) is 9.21 Å². The fourth-order valence-corrected chi connectivity index (χ4v) is 3.20. The van der Waals surface area contributed by atoms with E-state index in [-0.39, 0.29) is 5.78 Å². The molecule has 0 fully saturated rings. The number of para-hydroxylation sites is 1. The summed E-state index contributed by atoms with van der Waals surface area (Å²) in [5.74, 6) is 0.686. The number of carbonyl (C=O) groups excluding carboxylic acids is 1. The third-order valence-electron chi connectivity index (χ3n) is 2.56. The Morgan fingerprint density at radius 3 is 2.68 bits per heavy atom. The first-order valence-corrected chi connectivity index (χ1v) is 8.13. The van der Waals surface area contributed by atoms with Crippen LogP contribution in [0.25, 0.3) is 0 Å². The highest BCUT2D eigenvalue weighted by Crippen LogP contribution is 2.29. The molecule has 5 heteroatoms. The SMILES string of the molecule is CSc1ccccc1OC(C)C(=O)c1ccc(Cl)s1.